The first-order chi connectivity index (χ1) is 38.7. The molecule has 458 valence electrons. The van der Waals surface area contributed by atoms with E-state index in [1.54, 1.807) is 55.9 Å². The monoisotopic (exact) mass is 1180 g/mol. The number of nitrogens with one attached hydrogen (secondary N) is 8. The summed E-state index contributed by atoms with van der Waals surface area (Å²) in [6, 6.07) is 0.844. The van der Waals surface area contributed by atoms with Crippen molar-refractivity contribution < 1.29 is 38.4 Å². The van der Waals surface area contributed by atoms with E-state index >= 15 is 9.59 Å². The fraction of sp³-hybridized carbons (Fsp3) is 0.774. The molecule has 8 amide bonds. The number of benzene rings is 1. The quantitative estimate of drug-likeness (QED) is 0.0825. The number of nitrogens with zero attached hydrogens (tertiary/aromatic N) is 2. The molecule has 0 spiro atoms. The Bertz CT molecular complexity index is 2210. The van der Waals surface area contributed by atoms with Crippen LogP contribution in [0.4, 0.5) is 0 Å². The van der Waals surface area contributed by atoms with E-state index in [1.807, 2.05) is 0 Å². The minimum Gasteiger partial charge on any atom is -0.351 e. The van der Waals surface area contributed by atoms with Crippen LogP contribution >= 0.6 is 24.8 Å². The Kier molecular flexibility index (Phi) is 24.2. The number of carbonyl (C=O) groups is 8. The van der Waals surface area contributed by atoms with E-state index in [2.05, 4.69) is 42.5 Å². The van der Waals surface area contributed by atoms with Crippen molar-refractivity contribution in [3.8, 4) is 0 Å². The van der Waals surface area contributed by atoms with Gasteiger partial charge in [-0.25, -0.2) is 0 Å². The van der Waals surface area contributed by atoms with Gasteiger partial charge in [0.25, 0.3) is 11.8 Å². The molecule has 14 atom stereocenters. The molecule has 6 saturated carbocycles. The number of likely N-dealkylation sites (tertiary alicyclic amines) is 2. The number of fused-ring (bicyclic) bond motifs is 2. The Morgan fingerprint density at radius 1 is 0.463 bits per heavy atom. The van der Waals surface area contributed by atoms with Gasteiger partial charge in [-0.2, -0.15) is 0 Å². The third kappa shape index (κ3) is 15.7. The lowest BCUT2D eigenvalue weighted by atomic mass is 9.68. The molecule has 2 aliphatic heterocycles. The highest BCUT2D eigenvalue weighted by Crippen LogP contribution is 2.42. The molecule has 0 radical (unpaired) electrons. The van der Waals surface area contributed by atoms with Crippen molar-refractivity contribution in [2.24, 2.45) is 35.5 Å². The highest BCUT2D eigenvalue weighted by Gasteiger charge is 2.48. The van der Waals surface area contributed by atoms with Crippen molar-refractivity contribution in [2.45, 2.75) is 241 Å². The van der Waals surface area contributed by atoms with Crippen LogP contribution in [0.25, 0.3) is 0 Å². The molecular formula is C62H98Cl2N10O8. The van der Waals surface area contributed by atoms with Gasteiger partial charge >= 0.3 is 0 Å². The van der Waals surface area contributed by atoms with Crippen LogP contribution in [0.2, 0.25) is 0 Å². The summed E-state index contributed by atoms with van der Waals surface area (Å²) in [6.07, 6.45) is 24.9. The molecule has 8 fully saturated rings. The van der Waals surface area contributed by atoms with E-state index in [4.69, 9.17) is 0 Å². The normalized spacial score (nSPS) is 30.0. The zero-order valence-corrected chi connectivity index (χ0v) is 51.0. The Morgan fingerprint density at radius 2 is 0.829 bits per heavy atom. The van der Waals surface area contributed by atoms with Crippen LogP contribution in [-0.2, 0) is 28.8 Å². The Balaban J connectivity index is 0.00000484. The van der Waals surface area contributed by atoms with Gasteiger partial charge in [0, 0.05) is 48.4 Å². The molecule has 1 aromatic rings. The molecule has 9 rings (SSSR count). The first kappa shape index (κ1) is 65.0. The Hall–Kier alpha value is -4.52. The van der Waals surface area contributed by atoms with Gasteiger partial charge in [0.05, 0.1) is 12.1 Å². The number of hydrogen-bond donors (Lipinski definition) is 8. The molecule has 18 nitrogen and oxygen atoms in total. The zero-order valence-electron chi connectivity index (χ0n) is 49.3. The maximum atomic E-state index is 15.0. The summed E-state index contributed by atoms with van der Waals surface area (Å²) >= 11 is 0. The predicted octanol–water partition coefficient (Wildman–Crippen LogP) is 6.23. The maximum Gasteiger partial charge on any atom is 0.251 e. The van der Waals surface area contributed by atoms with Crippen LogP contribution in [-0.4, -0.2) is 145 Å². The van der Waals surface area contributed by atoms with E-state index in [1.165, 1.54) is 44.6 Å². The Morgan fingerprint density at radius 3 is 1.22 bits per heavy atom. The van der Waals surface area contributed by atoms with Crippen molar-refractivity contribution in [2.75, 3.05) is 27.2 Å². The van der Waals surface area contributed by atoms with Gasteiger partial charge in [0.15, 0.2) is 0 Å². The lowest BCUT2D eigenvalue weighted by Crippen LogP contribution is -2.59. The minimum atomic E-state index is -0.861. The van der Waals surface area contributed by atoms with Gasteiger partial charge in [-0.3, -0.25) is 38.4 Å². The summed E-state index contributed by atoms with van der Waals surface area (Å²) in [6.45, 7) is 3.66. The van der Waals surface area contributed by atoms with Crippen LogP contribution in [0.1, 0.15) is 202 Å². The molecule has 8 N–H and O–H groups in total. The maximum absolute atomic E-state index is 15.0. The van der Waals surface area contributed by atoms with E-state index in [9.17, 15) is 28.8 Å². The Labute approximate surface area is 499 Å². The van der Waals surface area contributed by atoms with Crippen LogP contribution in [0.3, 0.4) is 0 Å². The van der Waals surface area contributed by atoms with E-state index < -0.39 is 60.1 Å². The summed E-state index contributed by atoms with van der Waals surface area (Å²) in [7, 11) is 3.41. The average molecular weight is 1180 g/mol. The average Bonchev–Trinajstić information content (AvgIpc) is 4.17. The van der Waals surface area contributed by atoms with Crippen LogP contribution < -0.4 is 42.5 Å². The molecule has 8 aliphatic rings. The van der Waals surface area contributed by atoms with Crippen molar-refractivity contribution in [3.05, 3.63) is 35.4 Å². The fourth-order valence-electron chi connectivity index (χ4n) is 15.9. The number of amides is 8. The number of carbonyl (C=O) groups excluding carboxylic acids is 8. The van der Waals surface area contributed by atoms with Crippen molar-refractivity contribution in [1.82, 2.24) is 52.3 Å². The second kappa shape index (κ2) is 30.5. The second-order valence-electron chi connectivity index (χ2n) is 25.7. The van der Waals surface area contributed by atoms with Crippen molar-refractivity contribution >= 4 is 72.1 Å². The fourth-order valence-corrected chi connectivity index (χ4v) is 15.9. The smallest absolute Gasteiger partial charge is 0.251 e. The summed E-state index contributed by atoms with van der Waals surface area (Å²) in [4.78, 5) is 118. The summed E-state index contributed by atoms with van der Waals surface area (Å²) in [5.74, 6) is -0.741. The number of halogens is 2. The lowest BCUT2D eigenvalue weighted by molar-refractivity contribution is -0.143. The van der Waals surface area contributed by atoms with Crippen LogP contribution in [0, 0.1) is 35.5 Å². The molecule has 2 heterocycles. The summed E-state index contributed by atoms with van der Waals surface area (Å²) in [5, 5.41) is 25.2. The van der Waals surface area contributed by atoms with Gasteiger partial charge < -0.3 is 52.3 Å². The molecule has 82 heavy (non-hydrogen) atoms. The topological polar surface area (TPSA) is 239 Å². The third-order valence-electron chi connectivity index (χ3n) is 20.7. The predicted molar refractivity (Wildman–Crippen MR) is 320 cm³/mol. The van der Waals surface area contributed by atoms with Crippen molar-refractivity contribution in [3.63, 3.8) is 0 Å². The molecule has 7 unspecified atom stereocenters. The first-order valence-corrected chi connectivity index (χ1v) is 31.6. The van der Waals surface area contributed by atoms with Gasteiger partial charge in [0.1, 0.15) is 24.2 Å². The molecule has 0 aromatic heterocycles. The zero-order chi connectivity index (χ0) is 56.5. The largest absolute Gasteiger partial charge is 0.351 e. The van der Waals surface area contributed by atoms with Crippen LogP contribution in [0.15, 0.2) is 24.3 Å². The van der Waals surface area contributed by atoms with Gasteiger partial charge in [0.2, 0.25) is 35.4 Å². The van der Waals surface area contributed by atoms with Gasteiger partial charge in [-0.05, 0) is 146 Å². The van der Waals surface area contributed by atoms with E-state index in [0.29, 0.717) is 23.7 Å². The third-order valence-corrected chi connectivity index (χ3v) is 20.7. The number of likely N-dealkylation sites (N-methyl/N-ethyl adjacent to an activating group) is 2. The number of rotatable bonds is 18. The number of hydrogen-bond acceptors (Lipinski definition) is 10. The highest BCUT2D eigenvalue weighted by atomic mass is 35.5. The molecule has 1 aromatic carbocycles. The standard InChI is InChI=1S/C62H96N10O8.2ClH/c1-37(63-3)55(73)69-53(41-20-7-5-8-21-41)61(79)71-35-45(33-51(71)59(77)67-49-30-16-24-39-18-11-13-28-47(39)49)65-57(75)43-26-15-27-44(32-43)58(76)66-46-34-52(60(78)68-50-31-17-25-40-19-12-14-29-48(40)50)72(36-46)62(80)54(42-22-9-6-10-23-42)70-56(74)38(2)64-4;;/h15,26-27,32,37-42,45-54,63-64H,5-14,16-25,28-31,33-36H2,1-4H3,(H,65,75)(H,66,76)(H,67,77)(H,68,78)(H,69,73)(H,70,74);2*1H/t37-,38-,39?,40?,45-,46-,47?,48?,49?,50?,51-,52?,53+,54+;;/m0../s1. The van der Waals surface area contributed by atoms with Gasteiger partial charge in [-0.15, -0.1) is 24.8 Å². The van der Waals surface area contributed by atoms with E-state index in [0.717, 1.165) is 116 Å². The second-order valence-corrected chi connectivity index (χ2v) is 25.7. The molecule has 20 heteroatoms. The summed E-state index contributed by atoms with van der Waals surface area (Å²) < 4.78 is 0. The molecule has 0 bridgehead atoms. The SMILES string of the molecule is CN[C@@H](C)C(=O)N[C@@H](C(=O)N1C[C@@H](NC(=O)c2cccc(C(=O)N[C@H]3C[C@@H](C(=O)NC4CCCC5CCCCC54)N(C(=O)[C@H](NC(=O)[C@H](C)NC)C4CCCCC4)C3)c2)CC1C(=O)NC1CCCC2CCCCC21)C1CCCCC1.Cl.Cl. The van der Waals surface area contributed by atoms with E-state index in [-0.39, 0.29) is 121 Å². The molecule has 2 saturated heterocycles. The molecule has 6 aliphatic carbocycles. The minimum absolute atomic E-state index is 0. The molecular weight excluding hydrogens is 1080 g/mol. The highest BCUT2D eigenvalue weighted by molar-refractivity contribution is 6.01. The summed E-state index contributed by atoms with van der Waals surface area (Å²) in [5.41, 5.74) is 0.441. The lowest BCUT2D eigenvalue weighted by Gasteiger charge is -2.42. The first-order valence-electron chi connectivity index (χ1n) is 31.6. The van der Waals surface area contributed by atoms with Crippen molar-refractivity contribution in [1.29, 1.82) is 0 Å². The van der Waals surface area contributed by atoms with Gasteiger partial charge in [-0.1, -0.05) is 109 Å². The van der Waals surface area contributed by atoms with Crippen LogP contribution in [0.5, 0.6) is 0 Å².